The summed E-state index contributed by atoms with van der Waals surface area (Å²) in [6.45, 7) is 0. The van der Waals surface area contributed by atoms with Crippen LogP contribution >= 0.6 is 15.9 Å². The van der Waals surface area contributed by atoms with Gasteiger partial charge in [-0.2, -0.15) is 0 Å². The average Bonchev–Trinajstić information content (AvgIpc) is 2.63. The number of halogens is 1. The van der Waals surface area contributed by atoms with Crippen LogP contribution in [0.25, 0.3) is 0 Å². The molecule has 1 aromatic heterocycles. The van der Waals surface area contributed by atoms with Gasteiger partial charge in [-0.05, 0) is 46.3 Å². The molecule has 0 saturated heterocycles. The van der Waals surface area contributed by atoms with Crippen molar-refractivity contribution in [1.82, 2.24) is 4.98 Å². The van der Waals surface area contributed by atoms with Crippen molar-refractivity contribution >= 4 is 39.2 Å². The van der Waals surface area contributed by atoms with Gasteiger partial charge in [-0.15, -0.1) is 0 Å². The smallest absolute Gasteiger partial charge is 0.267 e. The Bertz CT molecular complexity index is 715. The van der Waals surface area contributed by atoms with Gasteiger partial charge in [0.25, 0.3) is 11.8 Å². The molecule has 0 bridgehead atoms. The van der Waals surface area contributed by atoms with E-state index in [9.17, 15) is 9.59 Å². The number of imide groups is 1. The molecular formula is C13H8BrN3O2. The average molecular weight is 318 g/mol. The maximum atomic E-state index is 12.3. The topological polar surface area (TPSA) is 76.3 Å². The minimum Gasteiger partial charge on any atom is -0.399 e. The fraction of sp³-hybridized carbons (Fsp3) is 0. The zero-order valence-electron chi connectivity index (χ0n) is 9.63. The largest absolute Gasteiger partial charge is 0.399 e. The summed E-state index contributed by atoms with van der Waals surface area (Å²) < 4.78 is 0.581. The second kappa shape index (κ2) is 4.17. The molecule has 0 radical (unpaired) electrons. The number of nitrogens with two attached hydrogens (primary N) is 1. The van der Waals surface area contributed by atoms with Crippen LogP contribution in [0.3, 0.4) is 0 Å². The Balaban J connectivity index is 2.16. The number of hydrogen-bond acceptors (Lipinski definition) is 4. The normalized spacial score (nSPS) is 13.8. The minimum atomic E-state index is -0.410. The molecule has 0 spiro atoms. The molecule has 2 aromatic rings. The number of fused-ring (bicyclic) bond motifs is 1. The molecule has 94 valence electrons. The Morgan fingerprint density at radius 3 is 2.58 bits per heavy atom. The number of anilines is 2. The van der Waals surface area contributed by atoms with Gasteiger partial charge < -0.3 is 5.73 Å². The summed E-state index contributed by atoms with van der Waals surface area (Å²) in [6.07, 6.45) is 1.53. The van der Waals surface area contributed by atoms with Gasteiger partial charge in [0.2, 0.25) is 0 Å². The van der Waals surface area contributed by atoms with Crippen LogP contribution in [0.5, 0.6) is 0 Å². The third kappa shape index (κ3) is 1.72. The van der Waals surface area contributed by atoms with Crippen LogP contribution in [0.2, 0.25) is 0 Å². The van der Waals surface area contributed by atoms with Crippen LogP contribution in [0.4, 0.5) is 11.5 Å². The summed E-state index contributed by atoms with van der Waals surface area (Å²) in [5.41, 5.74) is 6.74. The maximum Gasteiger partial charge on any atom is 0.267 e. The second-order valence-corrected chi connectivity index (χ2v) is 4.91. The van der Waals surface area contributed by atoms with E-state index < -0.39 is 5.91 Å². The third-order valence-electron chi connectivity index (χ3n) is 2.86. The molecule has 1 aliphatic rings. The molecular weight excluding hydrogens is 310 g/mol. The van der Waals surface area contributed by atoms with Gasteiger partial charge in [0.1, 0.15) is 0 Å². The highest BCUT2D eigenvalue weighted by Crippen LogP contribution is 2.32. The summed E-state index contributed by atoms with van der Waals surface area (Å²) in [6, 6.07) is 8.10. The molecule has 1 aromatic carbocycles. The zero-order valence-corrected chi connectivity index (χ0v) is 11.2. The lowest BCUT2D eigenvalue weighted by atomic mass is 10.1. The lowest BCUT2D eigenvalue weighted by molar-refractivity contribution is 0.0925. The molecule has 2 heterocycles. The molecule has 6 heteroatoms. The van der Waals surface area contributed by atoms with Crippen molar-refractivity contribution in [2.24, 2.45) is 0 Å². The van der Waals surface area contributed by atoms with Gasteiger partial charge in [0.15, 0.2) is 5.82 Å². The van der Waals surface area contributed by atoms with Crippen LogP contribution in [0.1, 0.15) is 20.7 Å². The van der Waals surface area contributed by atoms with Crippen molar-refractivity contribution in [3.05, 3.63) is 52.1 Å². The summed E-state index contributed by atoms with van der Waals surface area (Å²) >= 11 is 3.29. The van der Waals surface area contributed by atoms with Crippen molar-refractivity contribution in [3.63, 3.8) is 0 Å². The highest BCUT2D eigenvalue weighted by molar-refractivity contribution is 9.10. The SMILES string of the molecule is Nc1ccc2c(c1)C(=O)N(c1ncccc1Br)C2=O. The summed E-state index contributed by atoms with van der Waals surface area (Å²) in [4.78, 5) is 29.7. The van der Waals surface area contributed by atoms with Crippen LogP contribution in [-0.4, -0.2) is 16.8 Å². The first-order chi connectivity index (χ1) is 9.09. The van der Waals surface area contributed by atoms with E-state index in [4.69, 9.17) is 5.73 Å². The number of hydrogen-bond donors (Lipinski definition) is 1. The molecule has 0 aliphatic carbocycles. The molecule has 19 heavy (non-hydrogen) atoms. The highest BCUT2D eigenvalue weighted by Gasteiger charge is 2.38. The third-order valence-corrected chi connectivity index (χ3v) is 3.48. The predicted octanol–water partition coefficient (Wildman–Crippen LogP) is 2.23. The van der Waals surface area contributed by atoms with Crippen molar-refractivity contribution in [3.8, 4) is 0 Å². The molecule has 0 saturated carbocycles. The molecule has 2 amide bonds. The monoisotopic (exact) mass is 317 g/mol. The van der Waals surface area contributed by atoms with Crippen LogP contribution in [0.15, 0.2) is 41.0 Å². The lowest BCUT2D eigenvalue weighted by Gasteiger charge is -2.13. The first kappa shape index (κ1) is 11.9. The molecule has 0 atom stereocenters. The van der Waals surface area contributed by atoms with E-state index in [0.29, 0.717) is 21.3 Å². The first-order valence-electron chi connectivity index (χ1n) is 5.48. The number of rotatable bonds is 1. The quantitative estimate of drug-likeness (QED) is 0.646. The number of carbonyl (C=O) groups excluding carboxylic acids is 2. The molecule has 1 aliphatic heterocycles. The number of benzene rings is 1. The minimum absolute atomic E-state index is 0.285. The zero-order chi connectivity index (χ0) is 13.6. The number of carbonyl (C=O) groups is 2. The second-order valence-electron chi connectivity index (χ2n) is 4.06. The number of pyridine rings is 1. The Morgan fingerprint density at radius 2 is 1.84 bits per heavy atom. The molecule has 0 unspecified atom stereocenters. The van der Waals surface area contributed by atoms with Crippen molar-refractivity contribution in [2.75, 3.05) is 10.6 Å². The van der Waals surface area contributed by atoms with E-state index in [1.54, 1.807) is 24.3 Å². The lowest BCUT2D eigenvalue weighted by Crippen LogP contribution is -2.30. The number of nitrogens with zero attached hydrogens (tertiary/aromatic N) is 2. The molecule has 2 N–H and O–H groups in total. The summed E-state index contributed by atoms with van der Waals surface area (Å²) in [5.74, 6) is -0.515. The van der Waals surface area contributed by atoms with E-state index in [0.717, 1.165) is 4.90 Å². The molecule has 0 fully saturated rings. The van der Waals surface area contributed by atoms with Gasteiger partial charge >= 0.3 is 0 Å². The van der Waals surface area contributed by atoms with Crippen molar-refractivity contribution < 1.29 is 9.59 Å². The van der Waals surface area contributed by atoms with E-state index >= 15 is 0 Å². The summed E-state index contributed by atoms with van der Waals surface area (Å²) in [7, 11) is 0. The molecule has 5 nitrogen and oxygen atoms in total. The van der Waals surface area contributed by atoms with Gasteiger partial charge in [-0.3, -0.25) is 9.59 Å². The van der Waals surface area contributed by atoms with Gasteiger partial charge in [0.05, 0.1) is 15.6 Å². The standard InChI is InChI=1S/C13H8BrN3O2/c14-10-2-1-5-16-11(10)17-12(18)8-4-3-7(15)6-9(8)13(17)19/h1-6H,15H2. The highest BCUT2D eigenvalue weighted by atomic mass is 79.9. The van der Waals surface area contributed by atoms with E-state index in [-0.39, 0.29) is 11.7 Å². The fourth-order valence-corrected chi connectivity index (χ4v) is 2.43. The van der Waals surface area contributed by atoms with Crippen LogP contribution in [0, 0.1) is 0 Å². The first-order valence-corrected chi connectivity index (χ1v) is 6.27. The van der Waals surface area contributed by atoms with Gasteiger partial charge in [-0.1, -0.05) is 0 Å². The number of nitrogen functional groups attached to an aromatic ring is 1. The van der Waals surface area contributed by atoms with Crippen LogP contribution in [-0.2, 0) is 0 Å². The Labute approximate surface area is 117 Å². The van der Waals surface area contributed by atoms with Gasteiger partial charge in [-0.25, -0.2) is 9.88 Å². The summed E-state index contributed by atoms with van der Waals surface area (Å²) in [5, 5.41) is 0. The maximum absolute atomic E-state index is 12.3. The Morgan fingerprint density at radius 1 is 1.11 bits per heavy atom. The van der Waals surface area contributed by atoms with Crippen molar-refractivity contribution in [1.29, 1.82) is 0 Å². The van der Waals surface area contributed by atoms with Crippen LogP contribution < -0.4 is 10.6 Å². The van der Waals surface area contributed by atoms with Crippen molar-refractivity contribution in [2.45, 2.75) is 0 Å². The van der Waals surface area contributed by atoms with E-state index in [2.05, 4.69) is 20.9 Å². The predicted molar refractivity (Wildman–Crippen MR) is 73.9 cm³/mol. The number of aromatic nitrogens is 1. The fourth-order valence-electron chi connectivity index (χ4n) is 1.99. The van der Waals surface area contributed by atoms with E-state index in [1.165, 1.54) is 12.3 Å². The Hall–Kier alpha value is -2.21. The molecule has 3 rings (SSSR count). The Kier molecular flexibility index (Phi) is 2.60. The number of amides is 2. The van der Waals surface area contributed by atoms with E-state index in [1.807, 2.05) is 0 Å². The van der Waals surface area contributed by atoms with Gasteiger partial charge in [0, 0.05) is 11.9 Å².